The van der Waals surface area contributed by atoms with Crippen molar-refractivity contribution in [3.8, 4) is 6.07 Å². The van der Waals surface area contributed by atoms with Crippen LogP contribution in [0.15, 0.2) is 18.2 Å². The third-order valence-corrected chi connectivity index (χ3v) is 1.89. The quantitative estimate of drug-likeness (QED) is 0.752. The van der Waals surface area contributed by atoms with Gasteiger partial charge in [-0.1, -0.05) is 6.92 Å². The molecule has 1 atom stereocenters. The Balaban J connectivity index is 3.10. The second kappa shape index (κ2) is 4.01. The van der Waals surface area contributed by atoms with Gasteiger partial charge >= 0.3 is 0 Å². The van der Waals surface area contributed by atoms with Crippen LogP contribution in [0.25, 0.3) is 0 Å². The number of aliphatic hydroxyl groups excluding tert-OH is 1. The average Bonchev–Trinajstić information content (AvgIpc) is 2.15. The maximum absolute atomic E-state index is 12.9. The minimum Gasteiger partial charge on any atom is -0.396 e. The molecule has 0 heterocycles. The number of hydrogen-bond donors (Lipinski definition) is 1. The zero-order valence-corrected chi connectivity index (χ0v) is 7.29. The predicted octanol–water partition coefficient (Wildman–Crippen LogP) is 1.79. The van der Waals surface area contributed by atoms with E-state index in [2.05, 4.69) is 0 Å². The Bertz CT molecular complexity index is 343. The molecular weight excluding hydrogens is 169 g/mol. The lowest BCUT2D eigenvalue weighted by Crippen LogP contribution is -1.99. The van der Waals surface area contributed by atoms with Crippen LogP contribution in [0.4, 0.5) is 4.39 Å². The van der Waals surface area contributed by atoms with E-state index in [1.807, 2.05) is 6.07 Å². The Morgan fingerprint density at radius 2 is 2.23 bits per heavy atom. The van der Waals surface area contributed by atoms with Gasteiger partial charge in [0, 0.05) is 12.5 Å². The van der Waals surface area contributed by atoms with E-state index in [0.29, 0.717) is 5.56 Å². The summed E-state index contributed by atoms with van der Waals surface area (Å²) in [7, 11) is 0. The van der Waals surface area contributed by atoms with Crippen LogP contribution in [-0.4, -0.2) is 11.7 Å². The maximum atomic E-state index is 12.9. The van der Waals surface area contributed by atoms with Gasteiger partial charge in [-0.2, -0.15) is 5.26 Å². The van der Waals surface area contributed by atoms with Gasteiger partial charge in [0.2, 0.25) is 0 Å². The van der Waals surface area contributed by atoms with Crippen LogP contribution in [0, 0.1) is 17.1 Å². The SMILES string of the molecule is CC(CO)c1cc(F)cc(C#N)c1. The Morgan fingerprint density at radius 1 is 1.54 bits per heavy atom. The van der Waals surface area contributed by atoms with E-state index >= 15 is 0 Å². The highest BCUT2D eigenvalue weighted by molar-refractivity contribution is 5.35. The first-order valence-electron chi connectivity index (χ1n) is 3.99. The van der Waals surface area contributed by atoms with Gasteiger partial charge in [0.1, 0.15) is 5.82 Å². The van der Waals surface area contributed by atoms with Gasteiger partial charge in [-0.05, 0) is 23.8 Å². The monoisotopic (exact) mass is 179 g/mol. The molecule has 0 radical (unpaired) electrons. The topological polar surface area (TPSA) is 44.0 Å². The molecule has 0 fully saturated rings. The van der Waals surface area contributed by atoms with Crippen LogP contribution in [0.2, 0.25) is 0 Å². The molecule has 2 nitrogen and oxygen atoms in total. The maximum Gasteiger partial charge on any atom is 0.124 e. The van der Waals surface area contributed by atoms with Gasteiger partial charge in [0.05, 0.1) is 11.6 Å². The summed E-state index contributed by atoms with van der Waals surface area (Å²) >= 11 is 0. The van der Waals surface area contributed by atoms with Crippen molar-refractivity contribution in [2.24, 2.45) is 0 Å². The van der Waals surface area contributed by atoms with E-state index < -0.39 is 5.82 Å². The van der Waals surface area contributed by atoms with Crippen LogP contribution < -0.4 is 0 Å². The standard InChI is InChI=1S/C10H10FNO/c1-7(6-13)9-2-8(5-12)3-10(11)4-9/h2-4,7,13H,6H2,1H3. The zero-order valence-electron chi connectivity index (χ0n) is 7.29. The molecule has 1 aromatic carbocycles. The molecule has 68 valence electrons. The summed E-state index contributed by atoms with van der Waals surface area (Å²) in [5, 5.41) is 17.4. The van der Waals surface area contributed by atoms with Crippen molar-refractivity contribution >= 4 is 0 Å². The number of nitriles is 1. The van der Waals surface area contributed by atoms with E-state index in [-0.39, 0.29) is 18.1 Å². The molecule has 1 aromatic rings. The molecule has 0 saturated heterocycles. The van der Waals surface area contributed by atoms with Crippen molar-refractivity contribution in [3.63, 3.8) is 0 Å². The highest BCUT2D eigenvalue weighted by Gasteiger charge is 2.06. The summed E-state index contributed by atoms with van der Waals surface area (Å²) < 4.78 is 12.9. The third kappa shape index (κ3) is 2.27. The fourth-order valence-corrected chi connectivity index (χ4v) is 1.07. The molecule has 0 spiro atoms. The van der Waals surface area contributed by atoms with Crippen molar-refractivity contribution in [3.05, 3.63) is 35.1 Å². The first kappa shape index (κ1) is 9.69. The Kier molecular flexibility index (Phi) is 2.99. The minimum atomic E-state index is -0.436. The highest BCUT2D eigenvalue weighted by Crippen LogP contribution is 2.17. The summed E-state index contributed by atoms with van der Waals surface area (Å²) in [6.07, 6.45) is 0. The van der Waals surface area contributed by atoms with Gasteiger partial charge < -0.3 is 5.11 Å². The van der Waals surface area contributed by atoms with E-state index in [9.17, 15) is 4.39 Å². The Hall–Kier alpha value is -1.40. The van der Waals surface area contributed by atoms with Crippen LogP contribution in [-0.2, 0) is 0 Å². The van der Waals surface area contributed by atoms with E-state index in [1.165, 1.54) is 12.1 Å². The van der Waals surface area contributed by atoms with Gasteiger partial charge in [-0.15, -0.1) is 0 Å². The fourth-order valence-electron chi connectivity index (χ4n) is 1.07. The van der Waals surface area contributed by atoms with Gasteiger partial charge in [0.25, 0.3) is 0 Å². The molecule has 3 heteroatoms. The normalized spacial score (nSPS) is 12.2. The Labute approximate surface area is 76.2 Å². The van der Waals surface area contributed by atoms with Crippen molar-refractivity contribution in [2.45, 2.75) is 12.8 Å². The van der Waals surface area contributed by atoms with E-state index in [4.69, 9.17) is 10.4 Å². The first-order chi connectivity index (χ1) is 6.17. The third-order valence-electron chi connectivity index (χ3n) is 1.89. The average molecular weight is 179 g/mol. The molecule has 1 unspecified atom stereocenters. The second-order valence-electron chi connectivity index (χ2n) is 2.97. The number of hydrogen-bond acceptors (Lipinski definition) is 2. The first-order valence-corrected chi connectivity index (χ1v) is 3.99. The molecule has 0 bridgehead atoms. The van der Waals surface area contributed by atoms with Gasteiger partial charge in [-0.3, -0.25) is 0 Å². The van der Waals surface area contributed by atoms with Crippen LogP contribution in [0.1, 0.15) is 24.0 Å². The molecule has 0 aliphatic rings. The lowest BCUT2D eigenvalue weighted by atomic mass is 10.00. The summed E-state index contributed by atoms with van der Waals surface area (Å²) in [5.74, 6) is -0.572. The van der Waals surface area contributed by atoms with Crippen molar-refractivity contribution < 1.29 is 9.50 Å². The van der Waals surface area contributed by atoms with Crippen LogP contribution in [0.3, 0.4) is 0 Å². The Morgan fingerprint density at radius 3 is 2.77 bits per heavy atom. The largest absolute Gasteiger partial charge is 0.396 e. The van der Waals surface area contributed by atoms with Crippen LogP contribution in [0.5, 0.6) is 0 Å². The highest BCUT2D eigenvalue weighted by atomic mass is 19.1. The zero-order chi connectivity index (χ0) is 9.84. The molecule has 0 aromatic heterocycles. The molecule has 0 amide bonds. The van der Waals surface area contributed by atoms with Crippen molar-refractivity contribution in [1.82, 2.24) is 0 Å². The minimum absolute atomic E-state index is 0.0473. The molecule has 0 saturated carbocycles. The molecule has 0 aliphatic heterocycles. The molecule has 1 N–H and O–H groups in total. The number of benzene rings is 1. The summed E-state index contributed by atoms with van der Waals surface area (Å²) in [6.45, 7) is 1.73. The summed E-state index contributed by atoms with van der Waals surface area (Å²) in [6, 6.07) is 5.96. The van der Waals surface area contributed by atoms with Gasteiger partial charge in [-0.25, -0.2) is 4.39 Å². The van der Waals surface area contributed by atoms with Crippen molar-refractivity contribution in [2.75, 3.05) is 6.61 Å². The van der Waals surface area contributed by atoms with E-state index in [0.717, 1.165) is 0 Å². The number of rotatable bonds is 2. The van der Waals surface area contributed by atoms with Crippen molar-refractivity contribution in [1.29, 1.82) is 5.26 Å². The lowest BCUT2D eigenvalue weighted by molar-refractivity contribution is 0.273. The number of nitrogens with zero attached hydrogens (tertiary/aromatic N) is 1. The summed E-state index contributed by atoms with van der Waals surface area (Å²) in [5.41, 5.74) is 0.939. The lowest BCUT2D eigenvalue weighted by Gasteiger charge is -2.08. The number of halogens is 1. The second-order valence-corrected chi connectivity index (χ2v) is 2.97. The van der Waals surface area contributed by atoms with Gasteiger partial charge in [0.15, 0.2) is 0 Å². The molecular formula is C10H10FNO. The molecule has 13 heavy (non-hydrogen) atoms. The van der Waals surface area contributed by atoms with Crippen LogP contribution >= 0.6 is 0 Å². The predicted molar refractivity (Wildman–Crippen MR) is 46.6 cm³/mol. The smallest absolute Gasteiger partial charge is 0.124 e. The number of aliphatic hydroxyl groups is 1. The molecule has 0 aliphatic carbocycles. The summed E-state index contributed by atoms with van der Waals surface area (Å²) in [4.78, 5) is 0. The molecule has 1 rings (SSSR count). The van der Waals surface area contributed by atoms with E-state index in [1.54, 1.807) is 13.0 Å². The fraction of sp³-hybridized carbons (Fsp3) is 0.300.